The largest absolute Gasteiger partial charge is 0.444 e. The van der Waals surface area contributed by atoms with Crippen LogP contribution in [0.25, 0.3) is 0 Å². The quantitative estimate of drug-likeness (QED) is 0.743. The van der Waals surface area contributed by atoms with Gasteiger partial charge in [0.15, 0.2) is 0 Å². The van der Waals surface area contributed by atoms with Crippen LogP contribution in [0, 0.1) is 5.92 Å². The third kappa shape index (κ3) is 3.12. The fourth-order valence-corrected chi connectivity index (χ4v) is 3.58. The van der Waals surface area contributed by atoms with Crippen molar-refractivity contribution in [1.29, 1.82) is 0 Å². The van der Waals surface area contributed by atoms with E-state index in [2.05, 4.69) is 24.4 Å². The summed E-state index contributed by atoms with van der Waals surface area (Å²) in [7, 11) is 0. The summed E-state index contributed by atoms with van der Waals surface area (Å²) in [6, 6.07) is 0. The van der Waals surface area contributed by atoms with Gasteiger partial charge >= 0.3 is 6.09 Å². The first-order chi connectivity index (χ1) is 11.2. The van der Waals surface area contributed by atoms with Crippen LogP contribution < -0.4 is 5.32 Å². The number of nitrogens with one attached hydrogen (secondary N) is 1. The third-order valence-corrected chi connectivity index (χ3v) is 4.78. The first-order valence-corrected chi connectivity index (χ1v) is 8.62. The molecule has 2 aliphatic heterocycles. The summed E-state index contributed by atoms with van der Waals surface area (Å²) in [5.41, 5.74) is 1.01. The number of hydrogen-bond acceptors (Lipinski definition) is 3. The van der Waals surface area contributed by atoms with Crippen molar-refractivity contribution in [3.8, 4) is 0 Å². The van der Waals surface area contributed by atoms with Crippen LogP contribution in [-0.4, -0.2) is 41.1 Å². The predicted octanol–water partition coefficient (Wildman–Crippen LogP) is 2.94. The molecule has 5 heteroatoms. The lowest BCUT2D eigenvalue weighted by Gasteiger charge is -2.40. The van der Waals surface area contributed by atoms with Crippen LogP contribution in [0.1, 0.15) is 40.5 Å². The van der Waals surface area contributed by atoms with Gasteiger partial charge in [0.05, 0.1) is 5.54 Å². The summed E-state index contributed by atoms with van der Waals surface area (Å²) < 4.78 is 5.45. The molecule has 0 aromatic heterocycles. The summed E-state index contributed by atoms with van der Waals surface area (Å²) in [5.74, 6) is 0.249. The van der Waals surface area contributed by atoms with Gasteiger partial charge in [-0.05, 0) is 45.1 Å². The van der Waals surface area contributed by atoms with E-state index in [0.717, 1.165) is 11.1 Å². The maximum atomic E-state index is 12.4. The lowest BCUT2D eigenvalue weighted by Crippen LogP contribution is -2.53. The Balaban J connectivity index is 1.75. The number of likely N-dealkylation sites (tertiary alicyclic amines) is 1. The van der Waals surface area contributed by atoms with E-state index in [1.54, 1.807) is 4.90 Å². The van der Waals surface area contributed by atoms with Crippen molar-refractivity contribution in [2.24, 2.45) is 5.92 Å². The standard InChI is InChI=1S/C19H26N2O3/c1-13-6-5-7-15-14(12-13)16(22)20-19(15)8-10-21(11-9-19)17(23)24-18(2,3)4/h5-7,12-13H,8-11H2,1-4H3,(H,20,22). The highest BCUT2D eigenvalue weighted by molar-refractivity contribution is 6.03. The number of carbonyl (C=O) groups is 2. The van der Waals surface area contributed by atoms with Gasteiger partial charge in [0, 0.05) is 18.7 Å². The van der Waals surface area contributed by atoms with Crippen LogP contribution in [0.5, 0.6) is 0 Å². The molecule has 3 aliphatic rings. The molecule has 1 unspecified atom stereocenters. The molecule has 5 nitrogen and oxygen atoms in total. The van der Waals surface area contributed by atoms with Crippen LogP contribution in [0.2, 0.25) is 0 Å². The molecule has 0 radical (unpaired) electrons. The van der Waals surface area contributed by atoms with Crippen LogP contribution in [0.4, 0.5) is 4.79 Å². The number of carbonyl (C=O) groups excluding carboxylic acids is 2. The number of fused-ring (bicyclic) bond motifs is 2. The second-order valence-electron chi connectivity index (χ2n) is 7.91. The Kier molecular flexibility index (Phi) is 4.06. The molecular weight excluding hydrogens is 304 g/mol. The minimum absolute atomic E-state index is 0.00233. The van der Waals surface area contributed by atoms with Crippen molar-refractivity contribution in [2.75, 3.05) is 13.1 Å². The van der Waals surface area contributed by atoms with Gasteiger partial charge in [-0.1, -0.05) is 31.2 Å². The minimum Gasteiger partial charge on any atom is -0.444 e. The first kappa shape index (κ1) is 16.8. The lowest BCUT2D eigenvalue weighted by atomic mass is 9.80. The Morgan fingerprint density at radius 3 is 2.62 bits per heavy atom. The van der Waals surface area contributed by atoms with E-state index in [-0.39, 0.29) is 23.5 Å². The molecule has 130 valence electrons. The molecule has 1 spiro atoms. The fourth-order valence-electron chi connectivity index (χ4n) is 3.58. The maximum absolute atomic E-state index is 12.4. The smallest absolute Gasteiger partial charge is 0.410 e. The van der Waals surface area contributed by atoms with E-state index >= 15 is 0 Å². The van der Waals surface area contributed by atoms with Gasteiger partial charge in [-0.15, -0.1) is 0 Å². The van der Waals surface area contributed by atoms with Gasteiger partial charge in [-0.25, -0.2) is 4.79 Å². The zero-order valence-electron chi connectivity index (χ0n) is 14.9. The number of rotatable bonds is 0. The highest BCUT2D eigenvalue weighted by Gasteiger charge is 2.48. The average Bonchev–Trinajstić information content (AvgIpc) is 2.63. The van der Waals surface area contributed by atoms with E-state index in [9.17, 15) is 9.59 Å². The monoisotopic (exact) mass is 330 g/mol. The number of amides is 2. The van der Waals surface area contributed by atoms with Gasteiger partial charge in [0.25, 0.3) is 5.91 Å². The Morgan fingerprint density at radius 1 is 1.33 bits per heavy atom. The number of allylic oxidation sites excluding steroid dienone is 4. The molecule has 2 amide bonds. The molecule has 1 atom stereocenters. The summed E-state index contributed by atoms with van der Waals surface area (Å²) >= 11 is 0. The van der Waals surface area contributed by atoms with Crippen molar-refractivity contribution in [1.82, 2.24) is 10.2 Å². The highest BCUT2D eigenvalue weighted by atomic mass is 16.6. The molecule has 24 heavy (non-hydrogen) atoms. The Morgan fingerprint density at radius 2 is 2.00 bits per heavy atom. The van der Waals surface area contributed by atoms with Crippen molar-refractivity contribution in [3.05, 3.63) is 35.5 Å². The highest BCUT2D eigenvalue weighted by Crippen LogP contribution is 2.40. The fraction of sp³-hybridized carbons (Fsp3) is 0.579. The SMILES string of the molecule is CC1C=CC=C2C(=C1)C(=O)NC21CCN(C(=O)OC(C)(C)C)CC1. The third-order valence-electron chi connectivity index (χ3n) is 4.78. The van der Waals surface area contributed by atoms with Crippen LogP contribution in [0.3, 0.4) is 0 Å². The minimum atomic E-state index is -0.492. The number of hydrogen-bond donors (Lipinski definition) is 1. The van der Waals surface area contributed by atoms with Gasteiger partial charge in [0.1, 0.15) is 5.60 Å². The van der Waals surface area contributed by atoms with Crippen molar-refractivity contribution >= 4 is 12.0 Å². The summed E-state index contributed by atoms with van der Waals surface area (Å²) in [4.78, 5) is 26.4. The van der Waals surface area contributed by atoms with E-state index < -0.39 is 5.60 Å². The average molecular weight is 330 g/mol. The van der Waals surface area contributed by atoms with Gasteiger partial charge in [-0.3, -0.25) is 4.79 Å². The second kappa shape index (κ2) is 5.80. The van der Waals surface area contributed by atoms with Crippen molar-refractivity contribution in [2.45, 2.75) is 51.7 Å². The molecule has 0 saturated carbocycles. The molecule has 1 N–H and O–H groups in total. The molecule has 2 saturated heterocycles. The molecule has 0 aromatic carbocycles. The van der Waals surface area contributed by atoms with E-state index in [1.807, 2.05) is 32.9 Å². The van der Waals surface area contributed by atoms with Crippen LogP contribution in [0.15, 0.2) is 35.5 Å². The van der Waals surface area contributed by atoms with Gasteiger partial charge in [-0.2, -0.15) is 0 Å². The van der Waals surface area contributed by atoms with Crippen molar-refractivity contribution < 1.29 is 14.3 Å². The predicted molar refractivity (Wildman–Crippen MR) is 92.4 cm³/mol. The van der Waals surface area contributed by atoms with Gasteiger partial charge in [0.2, 0.25) is 0 Å². The number of nitrogens with zero attached hydrogens (tertiary/aromatic N) is 1. The summed E-state index contributed by atoms with van der Waals surface area (Å²) in [6.07, 6.45) is 9.35. The molecule has 3 rings (SSSR count). The molecular formula is C19H26N2O3. The zero-order valence-corrected chi connectivity index (χ0v) is 14.9. The summed E-state index contributed by atoms with van der Waals surface area (Å²) in [5, 5.41) is 3.18. The van der Waals surface area contributed by atoms with Crippen LogP contribution in [-0.2, 0) is 9.53 Å². The molecule has 1 aliphatic carbocycles. The zero-order chi connectivity index (χ0) is 17.5. The second-order valence-corrected chi connectivity index (χ2v) is 7.91. The van der Waals surface area contributed by atoms with Crippen molar-refractivity contribution in [3.63, 3.8) is 0 Å². The Hall–Kier alpha value is -2.04. The maximum Gasteiger partial charge on any atom is 0.410 e. The number of piperidine rings is 1. The molecule has 2 heterocycles. The Labute approximate surface area is 143 Å². The van der Waals surface area contributed by atoms with Gasteiger partial charge < -0.3 is 15.0 Å². The first-order valence-electron chi connectivity index (χ1n) is 8.62. The normalized spacial score (nSPS) is 25.6. The molecule has 2 fully saturated rings. The Bertz CT molecular complexity index is 644. The number of ether oxygens (including phenoxy) is 1. The summed E-state index contributed by atoms with van der Waals surface area (Å²) in [6.45, 7) is 8.85. The van der Waals surface area contributed by atoms with E-state index in [1.165, 1.54) is 0 Å². The topological polar surface area (TPSA) is 58.6 Å². The molecule has 0 bridgehead atoms. The van der Waals surface area contributed by atoms with Crippen LogP contribution >= 0.6 is 0 Å². The van der Waals surface area contributed by atoms with E-state index in [0.29, 0.717) is 25.9 Å². The molecule has 0 aromatic rings. The van der Waals surface area contributed by atoms with E-state index in [4.69, 9.17) is 4.74 Å². The lowest BCUT2D eigenvalue weighted by molar-refractivity contribution is -0.117.